The van der Waals surface area contributed by atoms with Gasteiger partial charge in [0.25, 0.3) is 0 Å². The van der Waals surface area contributed by atoms with Crippen LogP contribution in [0.5, 0.6) is 0 Å². The van der Waals surface area contributed by atoms with Gasteiger partial charge >= 0.3 is 5.97 Å². The standard InChI is InChI=1S/C11H12BrN3O4S/c1-11(4-12)7(10(18)19)15-8(17)6(9(15)20-11)14-5(16)2-3-13/h6-7,9H,2,4H2,1H3,(H,14,16)(H,18,19)/t6?,7?,9-,11?/m0/s1. The van der Waals surface area contributed by atoms with E-state index < -0.39 is 40.0 Å². The van der Waals surface area contributed by atoms with Crippen molar-refractivity contribution in [3.8, 4) is 6.07 Å². The first-order valence-electron chi connectivity index (χ1n) is 5.81. The highest BCUT2D eigenvalue weighted by Crippen LogP contribution is 2.51. The third-order valence-corrected chi connectivity index (χ3v) is 6.56. The third kappa shape index (κ3) is 2.16. The molecule has 0 spiro atoms. The molecule has 2 aliphatic rings. The molecule has 2 rings (SSSR count). The largest absolute Gasteiger partial charge is 0.480 e. The summed E-state index contributed by atoms with van der Waals surface area (Å²) in [5.74, 6) is -1.99. The molecule has 0 aliphatic carbocycles. The first-order chi connectivity index (χ1) is 9.35. The van der Waals surface area contributed by atoms with E-state index in [9.17, 15) is 19.5 Å². The fourth-order valence-electron chi connectivity index (χ4n) is 2.43. The molecule has 2 aliphatic heterocycles. The number of hydrogen-bond acceptors (Lipinski definition) is 5. The summed E-state index contributed by atoms with van der Waals surface area (Å²) < 4.78 is -0.652. The van der Waals surface area contributed by atoms with Crippen LogP contribution in [-0.4, -0.2) is 55.3 Å². The van der Waals surface area contributed by atoms with E-state index in [0.29, 0.717) is 5.33 Å². The van der Waals surface area contributed by atoms with Crippen molar-refractivity contribution in [1.82, 2.24) is 10.2 Å². The van der Waals surface area contributed by atoms with Crippen LogP contribution in [0, 0.1) is 11.3 Å². The molecule has 0 saturated carbocycles. The van der Waals surface area contributed by atoms with Crippen LogP contribution < -0.4 is 5.32 Å². The summed E-state index contributed by atoms with van der Waals surface area (Å²) in [4.78, 5) is 36.1. The molecule has 0 bridgehead atoms. The van der Waals surface area contributed by atoms with Crippen molar-refractivity contribution >= 4 is 45.5 Å². The number of nitrogens with one attached hydrogen (secondary N) is 1. The lowest BCUT2D eigenvalue weighted by Gasteiger charge is -2.43. The number of thioether (sulfide) groups is 1. The Morgan fingerprint density at radius 3 is 2.80 bits per heavy atom. The van der Waals surface area contributed by atoms with Gasteiger partial charge in [-0.15, -0.1) is 11.8 Å². The minimum Gasteiger partial charge on any atom is -0.480 e. The zero-order chi connectivity index (χ0) is 15.1. The van der Waals surface area contributed by atoms with Crippen LogP contribution >= 0.6 is 27.7 Å². The number of hydrogen-bond donors (Lipinski definition) is 2. The molecule has 3 unspecified atom stereocenters. The summed E-state index contributed by atoms with van der Waals surface area (Å²) in [6.07, 6.45) is -0.320. The summed E-state index contributed by atoms with van der Waals surface area (Å²) in [5.41, 5.74) is 0. The summed E-state index contributed by atoms with van der Waals surface area (Å²) in [5, 5.41) is 20.2. The molecule has 0 aromatic carbocycles. The number of carboxylic acids is 1. The van der Waals surface area contributed by atoms with Crippen molar-refractivity contribution in [2.45, 2.75) is 35.5 Å². The van der Waals surface area contributed by atoms with Gasteiger partial charge in [0.1, 0.15) is 23.9 Å². The Labute approximate surface area is 127 Å². The van der Waals surface area contributed by atoms with Crippen LogP contribution in [0.25, 0.3) is 0 Å². The van der Waals surface area contributed by atoms with Crippen LogP contribution in [0.4, 0.5) is 0 Å². The monoisotopic (exact) mass is 361 g/mol. The molecule has 7 nitrogen and oxygen atoms in total. The van der Waals surface area contributed by atoms with Crippen LogP contribution in [0.2, 0.25) is 0 Å². The molecule has 0 radical (unpaired) electrons. The van der Waals surface area contributed by atoms with E-state index >= 15 is 0 Å². The molecule has 2 heterocycles. The molecule has 0 aromatic rings. The highest BCUT2D eigenvalue weighted by Gasteiger charge is 2.65. The lowest BCUT2D eigenvalue weighted by molar-refractivity contribution is -0.161. The Morgan fingerprint density at radius 1 is 1.65 bits per heavy atom. The Kier molecular flexibility index (Phi) is 3.97. The van der Waals surface area contributed by atoms with Crippen molar-refractivity contribution in [3.63, 3.8) is 0 Å². The number of amides is 2. The Morgan fingerprint density at radius 2 is 2.30 bits per heavy atom. The third-order valence-electron chi connectivity index (χ3n) is 3.38. The molecule has 2 amide bonds. The van der Waals surface area contributed by atoms with E-state index in [2.05, 4.69) is 21.2 Å². The van der Waals surface area contributed by atoms with Crippen molar-refractivity contribution in [2.75, 3.05) is 5.33 Å². The van der Waals surface area contributed by atoms with E-state index in [4.69, 9.17) is 5.26 Å². The number of nitrogens with zero attached hydrogens (tertiary/aromatic N) is 2. The molecular formula is C11H12BrN3O4S. The van der Waals surface area contributed by atoms with E-state index in [1.807, 2.05) is 0 Å². The average molecular weight is 362 g/mol. The number of alkyl halides is 1. The molecule has 2 fully saturated rings. The molecule has 20 heavy (non-hydrogen) atoms. The van der Waals surface area contributed by atoms with E-state index in [-0.39, 0.29) is 6.42 Å². The lowest BCUT2D eigenvalue weighted by atomic mass is 9.96. The zero-order valence-corrected chi connectivity index (χ0v) is 12.9. The number of halogens is 1. The fourth-order valence-corrected chi connectivity index (χ4v) is 4.75. The first kappa shape index (κ1) is 15.1. The fraction of sp³-hybridized carbons (Fsp3) is 0.636. The number of aliphatic carboxylic acids is 1. The molecular weight excluding hydrogens is 350 g/mol. The van der Waals surface area contributed by atoms with E-state index in [0.717, 1.165) is 0 Å². The number of rotatable bonds is 4. The Balaban J connectivity index is 2.16. The van der Waals surface area contributed by atoms with Gasteiger partial charge < -0.3 is 15.3 Å². The van der Waals surface area contributed by atoms with Crippen LogP contribution in [0.3, 0.4) is 0 Å². The average Bonchev–Trinajstić information content (AvgIpc) is 2.68. The second-order valence-electron chi connectivity index (χ2n) is 4.82. The number of carbonyl (C=O) groups excluding carboxylic acids is 2. The molecule has 9 heteroatoms. The summed E-state index contributed by atoms with van der Waals surface area (Å²) in [7, 11) is 0. The molecule has 2 saturated heterocycles. The SMILES string of the molecule is CC1(CBr)S[C@H]2C(NC(=O)CC#N)C(=O)N2C1C(=O)O. The predicted octanol–water partition coefficient (Wildman–Crippen LogP) is -0.0932. The molecule has 0 aromatic heterocycles. The number of carboxylic acid groups (broad SMARTS) is 1. The van der Waals surface area contributed by atoms with Gasteiger partial charge in [-0.2, -0.15) is 5.26 Å². The minimum absolute atomic E-state index is 0.320. The number of nitriles is 1. The lowest BCUT2D eigenvalue weighted by Crippen LogP contribution is -2.70. The molecule has 2 N–H and O–H groups in total. The van der Waals surface area contributed by atoms with Gasteiger partial charge in [0.05, 0.1) is 10.8 Å². The van der Waals surface area contributed by atoms with Gasteiger partial charge in [-0.1, -0.05) is 15.9 Å². The summed E-state index contributed by atoms with van der Waals surface area (Å²) in [6, 6.07) is 0.0352. The van der Waals surface area contributed by atoms with Gasteiger partial charge in [-0.25, -0.2) is 4.79 Å². The topological polar surface area (TPSA) is 111 Å². The van der Waals surface area contributed by atoms with Gasteiger partial charge in [0.15, 0.2) is 0 Å². The van der Waals surface area contributed by atoms with Crippen molar-refractivity contribution < 1.29 is 19.5 Å². The van der Waals surface area contributed by atoms with Crippen LogP contribution in [-0.2, 0) is 14.4 Å². The Bertz CT molecular complexity index is 522. The molecule has 4 atom stereocenters. The number of carbonyl (C=O) groups is 3. The van der Waals surface area contributed by atoms with Gasteiger partial charge in [-0.3, -0.25) is 9.59 Å². The predicted molar refractivity (Wildman–Crippen MR) is 74.0 cm³/mol. The van der Waals surface area contributed by atoms with Crippen LogP contribution in [0.1, 0.15) is 13.3 Å². The smallest absolute Gasteiger partial charge is 0.327 e. The van der Waals surface area contributed by atoms with E-state index in [1.54, 1.807) is 13.0 Å². The highest BCUT2D eigenvalue weighted by molar-refractivity contribution is 9.09. The first-order valence-corrected chi connectivity index (χ1v) is 7.81. The minimum atomic E-state index is -1.06. The second-order valence-corrected chi connectivity index (χ2v) is 7.03. The normalized spacial score (nSPS) is 35.0. The highest BCUT2D eigenvalue weighted by atomic mass is 79.9. The van der Waals surface area contributed by atoms with E-state index in [1.165, 1.54) is 16.7 Å². The summed E-state index contributed by atoms with van der Waals surface area (Å²) in [6.45, 7) is 1.77. The Hall–Kier alpha value is -1.27. The maximum absolute atomic E-state index is 12.0. The maximum Gasteiger partial charge on any atom is 0.327 e. The van der Waals surface area contributed by atoms with Gasteiger partial charge in [0.2, 0.25) is 11.8 Å². The molecule has 108 valence electrons. The van der Waals surface area contributed by atoms with Crippen LogP contribution in [0.15, 0.2) is 0 Å². The maximum atomic E-state index is 12.0. The summed E-state index contributed by atoms with van der Waals surface area (Å²) >= 11 is 4.64. The number of β-lactam (4-membered cyclic amide) rings is 1. The zero-order valence-electron chi connectivity index (χ0n) is 10.5. The van der Waals surface area contributed by atoms with Gasteiger partial charge in [-0.05, 0) is 6.92 Å². The quantitative estimate of drug-likeness (QED) is 0.534. The second kappa shape index (κ2) is 5.26. The van der Waals surface area contributed by atoms with Gasteiger partial charge in [0, 0.05) is 5.33 Å². The van der Waals surface area contributed by atoms with Crippen molar-refractivity contribution in [3.05, 3.63) is 0 Å². The van der Waals surface area contributed by atoms with Crippen molar-refractivity contribution in [2.24, 2.45) is 0 Å². The number of fused-ring (bicyclic) bond motifs is 1. The van der Waals surface area contributed by atoms with Crippen molar-refractivity contribution in [1.29, 1.82) is 5.26 Å².